The molecular formula is C14H17FN2. The zero-order chi connectivity index (χ0) is 12.5. The summed E-state index contributed by atoms with van der Waals surface area (Å²) in [5.74, 6) is -0.394. The molecule has 2 aromatic rings. The van der Waals surface area contributed by atoms with Crippen LogP contribution in [0, 0.1) is 5.95 Å². The summed E-state index contributed by atoms with van der Waals surface area (Å²) in [7, 11) is 0. The molecule has 0 bridgehead atoms. The minimum absolute atomic E-state index is 0.394. The largest absolute Gasteiger partial charge is 0.265 e. The first-order valence-electron chi connectivity index (χ1n) is 5.75. The number of hydrogen-bond donors (Lipinski definition) is 0. The average molecular weight is 232 g/mol. The van der Waals surface area contributed by atoms with Crippen LogP contribution in [0.2, 0.25) is 0 Å². The number of halogens is 1. The summed E-state index contributed by atoms with van der Waals surface area (Å²) >= 11 is 0. The maximum absolute atomic E-state index is 12.2. The maximum Gasteiger partial charge on any atom is 0.213 e. The highest BCUT2D eigenvalue weighted by atomic mass is 19.1. The third kappa shape index (κ3) is 5.20. The summed E-state index contributed by atoms with van der Waals surface area (Å²) < 4.78 is 12.2. The summed E-state index contributed by atoms with van der Waals surface area (Å²) in [6, 6.07) is 7.31. The number of pyridine rings is 2. The van der Waals surface area contributed by atoms with E-state index in [9.17, 15) is 4.39 Å². The van der Waals surface area contributed by atoms with Crippen LogP contribution in [0.5, 0.6) is 0 Å². The van der Waals surface area contributed by atoms with Gasteiger partial charge in [0.1, 0.15) is 0 Å². The molecule has 0 radical (unpaired) electrons. The van der Waals surface area contributed by atoms with Gasteiger partial charge in [-0.05, 0) is 48.2 Å². The fourth-order valence-corrected chi connectivity index (χ4v) is 1.28. The zero-order valence-corrected chi connectivity index (χ0v) is 10.2. The lowest BCUT2D eigenvalue weighted by atomic mass is 10.2. The lowest BCUT2D eigenvalue weighted by molar-refractivity contribution is 0.581. The number of aromatic nitrogens is 2. The molecule has 3 heteroatoms. The van der Waals surface area contributed by atoms with Gasteiger partial charge in [-0.1, -0.05) is 13.8 Å². The molecule has 0 aliphatic carbocycles. The van der Waals surface area contributed by atoms with Crippen LogP contribution in [0.25, 0.3) is 0 Å². The molecule has 17 heavy (non-hydrogen) atoms. The van der Waals surface area contributed by atoms with Gasteiger partial charge in [0.25, 0.3) is 0 Å². The summed E-state index contributed by atoms with van der Waals surface area (Å²) in [4.78, 5) is 7.31. The van der Waals surface area contributed by atoms with Crippen molar-refractivity contribution >= 4 is 0 Å². The minimum Gasteiger partial charge on any atom is -0.265 e. The van der Waals surface area contributed by atoms with E-state index in [4.69, 9.17) is 0 Å². The van der Waals surface area contributed by atoms with Crippen molar-refractivity contribution in [1.82, 2.24) is 9.97 Å². The predicted octanol–water partition coefficient (Wildman–Crippen LogP) is 3.43. The van der Waals surface area contributed by atoms with Gasteiger partial charge in [0.05, 0.1) is 0 Å². The molecule has 0 aliphatic heterocycles. The van der Waals surface area contributed by atoms with E-state index in [-0.39, 0.29) is 0 Å². The molecule has 0 atom stereocenters. The van der Waals surface area contributed by atoms with Gasteiger partial charge in [-0.2, -0.15) is 4.39 Å². The first-order chi connectivity index (χ1) is 8.26. The molecule has 0 unspecified atom stereocenters. The van der Waals surface area contributed by atoms with Gasteiger partial charge < -0.3 is 0 Å². The third-order valence-corrected chi connectivity index (χ3v) is 2.36. The molecule has 0 aromatic carbocycles. The Hall–Kier alpha value is -1.77. The van der Waals surface area contributed by atoms with Crippen molar-refractivity contribution in [3.05, 3.63) is 59.9 Å². The van der Waals surface area contributed by atoms with Gasteiger partial charge in [0.2, 0.25) is 5.95 Å². The Labute approximate surface area is 102 Å². The molecule has 0 spiro atoms. The van der Waals surface area contributed by atoms with E-state index in [0.29, 0.717) is 0 Å². The van der Waals surface area contributed by atoms with E-state index in [1.807, 2.05) is 37.5 Å². The first-order valence-corrected chi connectivity index (χ1v) is 5.75. The third-order valence-electron chi connectivity index (χ3n) is 2.36. The molecule has 0 fully saturated rings. The summed E-state index contributed by atoms with van der Waals surface area (Å²) in [5, 5.41) is 0. The number of hydrogen-bond acceptors (Lipinski definition) is 2. The fraction of sp³-hybridized carbons (Fsp3) is 0.286. The number of aryl methyl sites for hydroxylation is 2. The normalized spacial score (nSPS) is 9.35. The molecule has 0 aliphatic rings. The second-order valence-electron chi connectivity index (χ2n) is 3.55. The Morgan fingerprint density at radius 1 is 0.941 bits per heavy atom. The van der Waals surface area contributed by atoms with Crippen molar-refractivity contribution in [3.63, 3.8) is 0 Å². The van der Waals surface area contributed by atoms with E-state index in [1.54, 1.807) is 0 Å². The van der Waals surface area contributed by atoms with E-state index >= 15 is 0 Å². The Balaban J connectivity index is 0.000000171. The standard InChI is InChI=1S/C7H8FN.C7H9N/c1-2-6-3-4-9-7(8)5-6;1-2-7-3-5-8-6-4-7/h3-5H,2H2,1H3;3-6H,2H2,1H3. The Bertz CT molecular complexity index is 429. The molecule has 2 nitrogen and oxygen atoms in total. The summed E-state index contributed by atoms with van der Waals surface area (Å²) in [6.07, 6.45) is 7.08. The van der Waals surface area contributed by atoms with Crippen LogP contribution < -0.4 is 0 Å². The predicted molar refractivity (Wildman–Crippen MR) is 67.2 cm³/mol. The lowest BCUT2D eigenvalue weighted by Gasteiger charge is -1.91. The van der Waals surface area contributed by atoms with Gasteiger partial charge in [0.15, 0.2) is 0 Å². The fourth-order valence-electron chi connectivity index (χ4n) is 1.28. The molecule has 2 rings (SSSR count). The highest BCUT2D eigenvalue weighted by Gasteiger charge is 1.90. The second kappa shape index (κ2) is 7.49. The van der Waals surface area contributed by atoms with E-state index in [1.165, 1.54) is 17.8 Å². The van der Waals surface area contributed by atoms with Crippen LogP contribution in [0.4, 0.5) is 4.39 Å². The summed E-state index contributed by atoms with van der Waals surface area (Å²) in [6.45, 7) is 4.12. The van der Waals surface area contributed by atoms with Crippen molar-refractivity contribution in [2.24, 2.45) is 0 Å². The molecule has 0 saturated carbocycles. The van der Waals surface area contributed by atoms with Crippen LogP contribution >= 0.6 is 0 Å². The van der Waals surface area contributed by atoms with E-state index < -0.39 is 5.95 Å². The highest BCUT2D eigenvalue weighted by Crippen LogP contribution is 1.99. The lowest BCUT2D eigenvalue weighted by Crippen LogP contribution is -1.84. The van der Waals surface area contributed by atoms with Crippen LogP contribution in [0.15, 0.2) is 42.9 Å². The van der Waals surface area contributed by atoms with Crippen LogP contribution in [0.1, 0.15) is 25.0 Å². The molecule has 0 saturated heterocycles. The van der Waals surface area contributed by atoms with Gasteiger partial charge in [-0.25, -0.2) is 4.98 Å². The molecule has 2 aromatic heterocycles. The van der Waals surface area contributed by atoms with Crippen molar-refractivity contribution in [2.45, 2.75) is 26.7 Å². The van der Waals surface area contributed by atoms with E-state index in [2.05, 4.69) is 16.9 Å². The Morgan fingerprint density at radius 3 is 1.94 bits per heavy atom. The van der Waals surface area contributed by atoms with Crippen molar-refractivity contribution in [2.75, 3.05) is 0 Å². The minimum atomic E-state index is -0.394. The van der Waals surface area contributed by atoms with Crippen LogP contribution in [-0.2, 0) is 12.8 Å². The molecule has 90 valence electrons. The van der Waals surface area contributed by atoms with E-state index in [0.717, 1.165) is 18.4 Å². The number of rotatable bonds is 2. The maximum atomic E-state index is 12.2. The van der Waals surface area contributed by atoms with Gasteiger partial charge in [0, 0.05) is 18.6 Å². The monoisotopic (exact) mass is 232 g/mol. The average Bonchev–Trinajstić information content (AvgIpc) is 2.40. The Morgan fingerprint density at radius 2 is 1.53 bits per heavy atom. The van der Waals surface area contributed by atoms with Crippen LogP contribution in [0.3, 0.4) is 0 Å². The molecular weight excluding hydrogens is 215 g/mol. The molecule has 2 heterocycles. The highest BCUT2D eigenvalue weighted by molar-refractivity contribution is 5.10. The topological polar surface area (TPSA) is 25.8 Å². The second-order valence-corrected chi connectivity index (χ2v) is 3.55. The SMILES string of the molecule is CCc1ccnc(F)c1.CCc1ccncc1. The quantitative estimate of drug-likeness (QED) is 0.741. The van der Waals surface area contributed by atoms with Gasteiger partial charge in [-0.3, -0.25) is 4.98 Å². The Kier molecular flexibility index (Phi) is 5.86. The van der Waals surface area contributed by atoms with Crippen molar-refractivity contribution in [3.8, 4) is 0 Å². The summed E-state index contributed by atoms with van der Waals surface area (Å²) in [5.41, 5.74) is 2.34. The zero-order valence-electron chi connectivity index (χ0n) is 10.2. The van der Waals surface area contributed by atoms with Crippen molar-refractivity contribution in [1.29, 1.82) is 0 Å². The number of nitrogens with zero attached hydrogens (tertiary/aromatic N) is 2. The first kappa shape index (κ1) is 13.3. The molecule has 0 N–H and O–H groups in total. The van der Waals surface area contributed by atoms with Crippen molar-refractivity contribution < 1.29 is 4.39 Å². The smallest absolute Gasteiger partial charge is 0.213 e. The molecule has 0 amide bonds. The van der Waals surface area contributed by atoms with Gasteiger partial charge >= 0.3 is 0 Å². The van der Waals surface area contributed by atoms with Crippen LogP contribution in [-0.4, -0.2) is 9.97 Å². The van der Waals surface area contributed by atoms with Gasteiger partial charge in [-0.15, -0.1) is 0 Å².